The summed E-state index contributed by atoms with van der Waals surface area (Å²) in [5.74, 6) is 0.645. The standard InChI is InChI=1S/C14H16BrCl2NO/c1-9(15)10-4-6-18(7-5-10)14(19)12-3-2-11(16)8-13(12)17/h2-3,8-10H,4-7H2,1H3. The maximum Gasteiger partial charge on any atom is 0.255 e. The molecule has 1 aromatic rings. The lowest BCUT2D eigenvalue weighted by molar-refractivity contribution is 0.0691. The molecule has 1 amide bonds. The summed E-state index contributed by atoms with van der Waals surface area (Å²) in [5, 5.41) is 0.974. The van der Waals surface area contributed by atoms with E-state index in [0.717, 1.165) is 25.9 Å². The highest BCUT2D eigenvalue weighted by molar-refractivity contribution is 9.09. The SMILES string of the molecule is CC(Br)C1CCN(C(=O)c2ccc(Cl)cc2Cl)CC1. The Hall–Kier alpha value is -0.250. The van der Waals surface area contributed by atoms with Crippen LogP contribution < -0.4 is 0 Å². The van der Waals surface area contributed by atoms with Crippen molar-refractivity contribution in [1.82, 2.24) is 4.90 Å². The van der Waals surface area contributed by atoms with Gasteiger partial charge in [0.1, 0.15) is 0 Å². The number of piperidine rings is 1. The Morgan fingerprint density at radius 2 is 2.00 bits per heavy atom. The molecule has 1 unspecified atom stereocenters. The second kappa shape index (κ2) is 6.47. The van der Waals surface area contributed by atoms with Crippen molar-refractivity contribution in [3.8, 4) is 0 Å². The van der Waals surface area contributed by atoms with Crippen LogP contribution in [-0.4, -0.2) is 28.7 Å². The molecule has 0 bridgehead atoms. The molecule has 1 aliphatic heterocycles. The lowest BCUT2D eigenvalue weighted by atomic mass is 9.94. The monoisotopic (exact) mass is 363 g/mol. The lowest BCUT2D eigenvalue weighted by Gasteiger charge is -2.33. The maximum atomic E-state index is 12.4. The van der Waals surface area contributed by atoms with E-state index in [4.69, 9.17) is 23.2 Å². The molecule has 0 N–H and O–H groups in total. The summed E-state index contributed by atoms with van der Waals surface area (Å²) in [6.45, 7) is 3.75. The van der Waals surface area contributed by atoms with Crippen LogP contribution >= 0.6 is 39.1 Å². The lowest BCUT2D eigenvalue weighted by Crippen LogP contribution is -2.40. The zero-order chi connectivity index (χ0) is 14.0. The van der Waals surface area contributed by atoms with Crippen molar-refractivity contribution < 1.29 is 4.79 Å². The van der Waals surface area contributed by atoms with E-state index in [0.29, 0.717) is 26.4 Å². The number of carbonyl (C=O) groups excluding carboxylic acids is 1. The minimum atomic E-state index is 0.00217. The minimum absolute atomic E-state index is 0.00217. The number of alkyl halides is 1. The molecule has 1 fully saturated rings. The number of benzene rings is 1. The van der Waals surface area contributed by atoms with Gasteiger partial charge in [-0.2, -0.15) is 0 Å². The summed E-state index contributed by atoms with van der Waals surface area (Å²) < 4.78 is 0. The molecule has 1 saturated heterocycles. The van der Waals surface area contributed by atoms with E-state index in [1.807, 2.05) is 4.90 Å². The fraction of sp³-hybridized carbons (Fsp3) is 0.500. The molecular weight excluding hydrogens is 349 g/mol. The van der Waals surface area contributed by atoms with Gasteiger partial charge < -0.3 is 4.90 Å². The first kappa shape index (κ1) is 15.1. The van der Waals surface area contributed by atoms with E-state index in [2.05, 4.69) is 22.9 Å². The average Bonchev–Trinajstić information content (AvgIpc) is 2.38. The zero-order valence-corrected chi connectivity index (χ0v) is 13.8. The summed E-state index contributed by atoms with van der Waals surface area (Å²) in [7, 11) is 0. The van der Waals surface area contributed by atoms with Crippen molar-refractivity contribution in [2.24, 2.45) is 5.92 Å². The highest BCUT2D eigenvalue weighted by Crippen LogP contribution is 2.27. The molecule has 1 atom stereocenters. The van der Waals surface area contributed by atoms with Crippen molar-refractivity contribution in [3.05, 3.63) is 33.8 Å². The van der Waals surface area contributed by atoms with Gasteiger partial charge in [0.05, 0.1) is 10.6 Å². The van der Waals surface area contributed by atoms with Gasteiger partial charge in [0, 0.05) is 22.9 Å². The third kappa shape index (κ3) is 3.65. The Morgan fingerprint density at radius 3 is 2.53 bits per heavy atom. The predicted octanol–water partition coefficient (Wildman–Crippen LogP) is 4.63. The van der Waals surface area contributed by atoms with Gasteiger partial charge in [-0.1, -0.05) is 46.1 Å². The summed E-state index contributed by atoms with van der Waals surface area (Å²) in [6.07, 6.45) is 2.06. The average molecular weight is 365 g/mol. The van der Waals surface area contributed by atoms with Gasteiger partial charge in [0.2, 0.25) is 0 Å². The molecule has 2 nitrogen and oxygen atoms in total. The van der Waals surface area contributed by atoms with Gasteiger partial charge in [-0.05, 0) is 37.0 Å². The zero-order valence-electron chi connectivity index (χ0n) is 10.7. The van der Waals surface area contributed by atoms with Gasteiger partial charge in [-0.15, -0.1) is 0 Å². The Balaban J connectivity index is 2.05. The molecular formula is C14H16BrCl2NO. The second-order valence-electron chi connectivity index (χ2n) is 4.93. The van der Waals surface area contributed by atoms with Crippen molar-refractivity contribution in [2.75, 3.05) is 13.1 Å². The Bertz CT molecular complexity index is 471. The van der Waals surface area contributed by atoms with E-state index in [9.17, 15) is 4.79 Å². The predicted molar refractivity (Wildman–Crippen MR) is 83.5 cm³/mol. The number of carbonyl (C=O) groups is 1. The molecule has 0 aromatic heterocycles. The molecule has 5 heteroatoms. The number of hydrogen-bond acceptors (Lipinski definition) is 1. The van der Waals surface area contributed by atoms with Crippen molar-refractivity contribution >= 4 is 45.0 Å². The van der Waals surface area contributed by atoms with Crippen LogP contribution in [0.5, 0.6) is 0 Å². The van der Waals surface area contributed by atoms with Crippen LogP contribution in [0.2, 0.25) is 10.0 Å². The Morgan fingerprint density at radius 1 is 1.37 bits per heavy atom. The van der Waals surface area contributed by atoms with E-state index in [1.54, 1.807) is 18.2 Å². The number of rotatable bonds is 2. The van der Waals surface area contributed by atoms with E-state index in [1.165, 1.54) is 0 Å². The number of likely N-dealkylation sites (tertiary alicyclic amines) is 1. The van der Waals surface area contributed by atoms with Crippen molar-refractivity contribution in [3.63, 3.8) is 0 Å². The molecule has 0 aliphatic carbocycles. The molecule has 1 aliphatic rings. The number of halogens is 3. The number of nitrogens with zero attached hydrogens (tertiary/aromatic N) is 1. The molecule has 1 aromatic carbocycles. The largest absolute Gasteiger partial charge is 0.339 e. The first-order valence-corrected chi connectivity index (χ1v) is 8.04. The Labute approximate surface area is 132 Å². The first-order valence-electron chi connectivity index (χ1n) is 6.37. The number of hydrogen-bond donors (Lipinski definition) is 0. The van der Waals surface area contributed by atoms with Gasteiger partial charge in [0.15, 0.2) is 0 Å². The van der Waals surface area contributed by atoms with Crippen LogP contribution in [0, 0.1) is 5.92 Å². The highest BCUT2D eigenvalue weighted by atomic mass is 79.9. The van der Waals surface area contributed by atoms with Crippen LogP contribution in [0.15, 0.2) is 18.2 Å². The van der Waals surface area contributed by atoms with Crippen molar-refractivity contribution in [1.29, 1.82) is 0 Å². The summed E-state index contributed by atoms with van der Waals surface area (Å²) in [6, 6.07) is 5.02. The molecule has 0 radical (unpaired) electrons. The van der Waals surface area contributed by atoms with Crippen molar-refractivity contribution in [2.45, 2.75) is 24.6 Å². The normalized spacial score (nSPS) is 18.4. The quantitative estimate of drug-likeness (QED) is 0.700. The van der Waals surface area contributed by atoms with Gasteiger partial charge in [0.25, 0.3) is 5.91 Å². The van der Waals surface area contributed by atoms with Crippen LogP contribution in [0.3, 0.4) is 0 Å². The fourth-order valence-electron chi connectivity index (χ4n) is 2.40. The van der Waals surface area contributed by atoms with E-state index < -0.39 is 0 Å². The third-order valence-electron chi connectivity index (χ3n) is 3.64. The van der Waals surface area contributed by atoms with Crippen LogP contribution in [-0.2, 0) is 0 Å². The molecule has 19 heavy (non-hydrogen) atoms. The second-order valence-corrected chi connectivity index (χ2v) is 7.22. The molecule has 0 saturated carbocycles. The smallest absolute Gasteiger partial charge is 0.255 e. The maximum absolute atomic E-state index is 12.4. The van der Waals surface area contributed by atoms with Gasteiger partial charge in [-0.25, -0.2) is 0 Å². The van der Waals surface area contributed by atoms with Crippen LogP contribution in [0.1, 0.15) is 30.1 Å². The third-order valence-corrected chi connectivity index (χ3v) is 4.93. The van der Waals surface area contributed by atoms with Gasteiger partial charge in [-0.3, -0.25) is 4.79 Å². The van der Waals surface area contributed by atoms with E-state index >= 15 is 0 Å². The molecule has 104 valence electrons. The molecule has 1 heterocycles. The van der Waals surface area contributed by atoms with Crippen LogP contribution in [0.4, 0.5) is 0 Å². The summed E-state index contributed by atoms with van der Waals surface area (Å²) in [5.41, 5.74) is 0.538. The Kier molecular flexibility index (Phi) is 5.15. The highest BCUT2D eigenvalue weighted by Gasteiger charge is 2.26. The topological polar surface area (TPSA) is 20.3 Å². The molecule has 0 spiro atoms. The molecule has 2 rings (SSSR count). The van der Waals surface area contributed by atoms with Crippen LogP contribution in [0.25, 0.3) is 0 Å². The summed E-state index contributed by atoms with van der Waals surface area (Å²) in [4.78, 5) is 14.8. The van der Waals surface area contributed by atoms with Gasteiger partial charge >= 0.3 is 0 Å². The number of amides is 1. The van der Waals surface area contributed by atoms with E-state index in [-0.39, 0.29) is 5.91 Å². The summed E-state index contributed by atoms with van der Waals surface area (Å²) >= 11 is 15.5. The fourth-order valence-corrected chi connectivity index (χ4v) is 3.41. The minimum Gasteiger partial charge on any atom is -0.339 e. The first-order chi connectivity index (χ1) is 8.99.